The highest BCUT2D eigenvalue weighted by atomic mass is 16.6. The van der Waals surface area contributed by atoms with E-state index in [1.807, 2.05) is 19.1 Å². The second kappa shape index (κ2) is 3.71. The van der Waals surface area contributed by atoms with Gasteiger partial charge in [-0.15, -0.1) is 0 Å². The third-order valence-corrected chi connectivity index (χ3v) is 1.24. The van der Waals surface area contributed by atoms with Gasteiger partial charge in [0.25, 0.3) is 0 Å². The zero-order valence-electron chi connectivity index (χ0n) is 6.61. The predicted molar refractivity (Wildman–Crippen MR) is 43.6 cm³/mol. The SMILES string of the molecule is CO/N=C/c1ccc(C)nc1. The zero-order chi connectivity index (χ0) is 8.10. The van der Waals surface area contributed by atoms with Crippen LogP contribution in [0.2, 0.25) is 0 Å². The topological polar surface area (TPSA) is 34.5 Å². The number of rotatable bonds is 2. The number of pyridine rings is 1. The molecule has 0 spiro atoms. The third kappa shape index (κ3) is 2.37. The van der Waals surface area contributed by atoms with Crippen molar-refractivity contribution >= 4 is 6.21 Å². The minimum absolute atomic E-state index is 0.942. The average molecular weight is 150 g/mol. The van der Waals surface area contributed by atoms with Crippen molar-refractivity contribution in [3.63, 3.8) is 0 Å². The Hall–Kier alpha value is -1.38. The van der Waals surface area contributed by atoms with Gasteiger partial charge in [-0.2, -0.15) is 0 Å². The Morgan fingerprint density at radius 3 is 2.91 bits per heavy atom. The van der Waals surface area contributed by atoms with Crippen LogP contribution in [-0.4, -0.2) is 18.3 Å². The van der Waals surface area contributed by atoms with E-state index in [4.69, 9.17) is 0 Å². The standard InChI is InChI=1S/C8H10N2O/c1-7-3-4-8(5-9-7)6-10-11-2/h3-6H,1-2H3/b10-6+. The van der Waals surface area contributed by atoms with Crippen LogP contribution in [-0.2, 0) is 4.84 Å². The number of nitrogens with zero attached hydrogens (tertiary/aromatic N) is 2. The molecule has 0 saturated heterocycles. The summed E-state index contributed by atoms with van der Waals surface area (Å²) in [7, 11) is 1.51. The number of hydrogen-bond donors (Lipinski definition) is 0. The molecule has 3 nitrogen and oxygen atoms in total. The van der Waals surface area contributed by atoms with Crippen molar-refractivity contribution < 1.29 is 4.84 Å². The molecule has 0 bridgehead atoms. The van der Waals surface area contributed by atoms with Crippen molar-refractivity contribution in [2.75, 3.05) is 7.11 Å². The quantitative estimate of drug-likeness (QED) is 0.471. The Kier molecular flexibility index (Phi) is 2.60. The molecule has 1 aromatic heterocycles. The summed E-state index contributed by atoms with van der Waals surface area (Å²) in [5.41, 5.74) is 1.94. The molecule has 0 atom stereocenters. The molecule has 58 valence electrons. The van der Waals surface area contributed by atoms with Crippen LogP contribution < -0.4 is 0 Å². The van der Waals surface area contributed by atoms with Gasteiger partial charge in [0.15, 0.2) is 0 Å². The lowest BCUT2D eigenvalue weighted by molar-refractivity contribution is 0.215. The van der Waals surface area contributed by atoms with Gasteiger partial charge in [-0.3, -0.25) is 4.98 Å². The first kappa shape index (κ1) is 7.72. The molecule has 0 N–H and O–H groups in total. The molecule has 1 rings (SSSR count). The van der Waals surface area contributed by atoms with E-state index >= 15 is 0 Å². The molecule has 0 unspecified atom stereocenters. The molecular formula is C8H10N2O. The normalized spacial score (nSPS) is 10.4. The van der Waals surface area contributed by atoms with Gasteiger partial charge in [0.2, 0.25) is 0 Å². The van der Waals surface area contributed by atoms with Crippen molar-refractivity contribution in [2.24, 2.45) is 5.16 Å². The van der Waals surface area contributed by atoms with E-state index in [0.717, 1.165) is 11.3 Å². The Morgan fingerprint density at radius 1 is 1.55 bits per heavy atom. The maximum atomic E-state index is 4.52. The number of aromatic nitrogens is 1. The Bertz CT molecular complexity index is 241. The average Bonchev–Trinajstić information content (AvgIpc) is 2.04. The van der Waals surface area contributed by atoms with Crippen molar-refractivity contribution in [1.29, 1.82) is 0 Å². The van der Waals surface area contributed by atoms with Gasteiger partial charge in [-0.1, -0.05) is 5.16 Å². The molecule has 0 aliphatic carbocycles. The van der Waals surface area contributed by atoms with Gasteiger partial charge in [0, 0.05) is 17.5 Å². The minimum atomic E-state index is 0.942. The summed E-state index contributed by atoms with van der Waals surface area (Å²) in [6.07, 6.45) is 3.37. The van der Waals surface area contributed by atoms with Gasteiger partial charge in [-0.05, 0) is 19.1 Å². The Morgan fingerprint density at radius 2 is 2.36 bits per heavy atom. The molecule has 1 heterocycles. The van der Waals surface area contributed by atoms with E-state index in [2.05, 4.69) is 15.0 Å². The van der Waals surface area contributed by atoms with E-state index in [-0.39, 0.29) is 0 Å². The number of oxime groups is 1. The molecule has 0 radical (unpaired) electrons. The fraction of sp³-hybridized carbons (Fsp3) is 0.250. The van der Waals surface area contributed by atoms with Crippen LogP contribution in [0.4, 0.5) is 0 Å². The second-order valence-electron chi connectivity index (χ2n) is 2.15. The first-order valence-corrected chi connectivity index (χ1v) is 3.32. The molecule has 0 aliphatic rings. The van der Waals surface area contributed by atoms with Crippen molar-refractivity contribution in [1.82, 2.24) is 4.98 Å². The van der Waals surface area contributed by atoms with Gasteiger partial charge in [0.05, 0.1) is 6.21 Å². The van der Waals surface area contributed by atoms with Crippen LogP contribution in [0.1, 0.15) is 11.3 Å². The lowest BCUT2D eigenvalue weighted by Gasteiger charge is -1.91. The highest BCUT2D eigenvalue weighted by Crippen LogP contribution is 1.95. The summed E-state index contributed by atoms with van der Waals surface area (Å²) in [6, 6.07) is 3.86. The lowest BCUT2D eigenvalue weighted by Crippen LogP contribution is -1.85. The molecule has 0 fully saturated rings. The molecule has 3 heteroatoms. The monoisotopic (exact) mass is 150 g/mol. The van der Waals surface area contributed by atoms with Gasteiger partial charge < -0.3 is 4.84 Å². The molecule has 1 aromatic rings. The van der Waals surface area contributed by atoms with Crippen LogP contribution >= 0.6 is 0 Å². The highest BCUT2D eigenvalue weighted by molar-refractivity contribution is 5.78. The van der Waals surface area contributed by atoms with E-state index in [9.17, 15) is 0 Å². The highest BCUT2D eigenvalue weighted by Gasteiger charge is 1.86. The summed E-state index contributed by atoms with van der Waals surface area (Å²) in [5, 5.41) is 3.61. The third-order valence-electron chi connectivity index (χ3n) is 1.24. The van der Waals surface area contributed by atoms with E-state index < -0.39 is 0 Å². The fourth-order valence-corrected chi connectivity index (χ4v) is 0.669. The first-order chi connectivity index (χ1) is 5.33. The van der Waals surface area contributed by atoms with Gasteiger partial charge in [0.1, 0.15) is 7.11 Å². The van der Waals surface area contributed by atoms with E-state index in [0.29, 0.717) is 0 Å². The summed E-state index contributed by atoms with van der Waals surface area (Å²) in [6.45, 7) is 1.94. The van der Waals surface area contributed by atoms with Crippen LogP contribution in [0.3, 0.4) is 0 Å². The summed E-state index contributed by atoms with van der Waals surface area (Å²) in [4.78, 5) is 8.60. The summed E-state index contributed by atoms with van der Waals surface area (Å²) >= 11 is 0. The smallest absolute Gasteiger partial charge is 0.106 e. The maximum Gasteiger partial charge on any atom is 0.106 e. The molecule has 0 amide bonds. The number of aryl methyl sites for hydroxylation is 1. The van der Waals surface area contributed by atoms with Crippen LogP contribution in [0, 0.1) is 6.92 Å². The summed E-state index contributed by atoms with van der Waals surface area (Å²) < 4.78 is 0. The predicted octanol–water partition coefficient (Wildman–Crippen LogP) is 1.37. The fourth-order valence-electron chi connectivity index (χ4n) is 0.669. The van der Waals surface area contributed by atoms with Crippen LogP contribution in [0.15, 0.2) is 23.5 Å². The molecule has 11 heavy (non-hydrogen) atoms. The van der Waals surface area contributed by atoms with Crippen molar-refractivity contribution in [3.05, 3.63) is 29.6 Å². The van der Waals surface area contributed by atoms with E-state index in [1.165, 1.54) is 7.11 Å². The van der Waals surface area contributed by atoms with Crippen LogP contribution in [0.5, 0.6) is 0 Å². The summed E-state index contributed by atoms with van der Waals surface area (Å²) in [5.74, 6) is 0. The Balaban J connectivity index is 2.73. The second-order valence-corrected chi connectivity index (χ2v) is 2.15. The largest absolute Gasteiger partial charge is 0.399 e. The Labute approximate surface area is 65.7 Å². The minimum Gasteiger partial charge on any atom is -0.399 e. The molecule has 0 aliphatic heterocycles. The lowest BCUT2D eigenvalue weighted by atomic mass is 10.3. The molecule has 0 aromatic carbocycles. The van der Waals surface area contributed by atoms with Crippen molar-refractivity contribution in [3.8, 4) is 0 Å². The first-order valence-electron chi connectivity index (χ1n) is 3.32. The van der Waals surface area contributed by atoms with Crippen molar-refractivity contribution in [2.45, 2.75) is 6.92 Å². The van der Waals surface area contributed by atoms with Gasteiger partial charge in [-0.25, -0.2) is 0 Å². The zero-order valence-corrected chi connectivity index (χ0v) is 6.61. The molecular weight excluding hydrogens is 140 g/mol. The molecule has 0 saturated carbocycles. The van der Waals surface area contributed by atoms with Crippen LogP contribution in [0.25, 0.3) is 0 Å². The maximum absolute atomic E-state index is 4.52. The number of hydrogen-bond acceptors (Lipinski definition) is 3. The van der Waals surface area contributed by atoms with E-state index in [1.54, 1.807) is 12.4 Å². The van der Waals surface area contributed by atoms with Gasteiger partial charge >= 0.3 is 0 Å².